The van der Waals surface area contributed by atoms with Crippen molar-refractivity contribution in [3.8, 4) is 0 Å². The summed E-state index contributed by atoms with van der Waals surface area (Å²) < 4.78 is 14.7. The monoisotopic (exact) mass is 439 g/mol. The minimum absolute atomic E-state index is 0.0265. The van der Waals surface area contributed by atoms with Gasteiger partial charge in [0, 0.05) is 36.1 Å². The fraction of sp³-hybridized carbons (Fsp3) is 0.526. The highest BCUT2D eigenvalue weighted by Crippen LogP contribution is 2.35. The number of halogens is 2. The summed E-state index contributed by atoms with van der Waals surface area (Å²) in [6.07, 6.45) is 3.18. The van der Waals surface area contributed by atoms with Crippen LogP contribution in [-0.4, -0.2) is 46.3 Å². The average Bonchev–Trinajstić information content (AvgIpc) is 3.19. The van der Waals surface area contributed by atoms with Gasteiger partial charge in [-0.2, -0.15) is 0 Å². The van der Waals surface area contributed by atoms with E-state index in [0.29, 0.717) is 24.9 Å². The topological polar surface area (TPSA) is 69.7 Å². The molecule has 1 aromatic rings. The normalized spacial score (nSPS) is 18.3. The SMILES string of the molecule is CCN(Cc1cc(Br)ccc1F)C(=O)CCN1C(=O)NC2(CCCC2)C1=O. The van der Waals surface area contributed by atoms with Crippen molar-refractivity contribution in [1.29, 1.82) is 0 Å². The van der Waals surface area contributed by atoms with Gasteiger partial charge < -0.3 is 10.2 Å². The first kappa shape index (κ1) is 19.8. The van der Waals surface area contributed by atoms with Crippen molar-refractivity contribution in [3.63, 3.8) is 0 Å². The van der Waals surface area contributed by atoms with Gasteiger partial charge in [0.15, 0.2) is 0 Å². The lowest BCUT2D eigenvalue weighted by atomic mass is 9.98. The van der Waals surface area contributed by atoms with Crippen molar-refractivity contribution in [2.24, 2.45) is 0 Å². The third kappa shape index (κ3) is 4.00. The minimum atomic E-state index is -0.760. The van der Waals surface area contributed by atoms with E-state index in [2.05, 4.69) is 21.2 Å². The summed E-state index contributed by atoms with van der Waals surface area (Å²) >= 11 is 3.30. The Morgan fingerprint density at radius 2 is 2.04 bits per heavy atom. The van der Waals surface area contributed by atoms with Gasteiger partial charge >= 0.3 is 6.03 Å². The van der Waals surface area contributed by atoms with Gasteiger partial charge in [-0.3, -0.25) is 14.5 Å². The molecule has 8 heteroatoms. The van der Waals surface area contributed by atoms with Gasteiger partial charge in [0.25, 0.3) is 5.91 Å². The summed E-state index contributed by atoms with van der Waals surface area (Å²) in [6.45, 7) is 2.41. The van der Waals surface area contributed by atoms with E-state index in [9.17, 15) is 18.8 Å². The maximum Gasteiger partial charge on any atom is 0.325 e. The van der Waals surface area contributed by atoms with Crippen LogP contribution in [0.1, 0.15) is 44.6 Å². The summed E-state index contributed by atoms with van der Waals surface area (Å²) in [7, 11) is 0. The van der Waals surface area contributed by atoms with Crippen LogP contribution in [0.4, 0.5) is 9.18 Å². The second kappa shape index (κ2) is 7.96. The van der Waals surface area contributed by atoms with Crippen molar-refractivity contribution in [3.05, 3.63) is 34.1 Å². The van der Waals surface area contributed by atoms with E-state index >= 15 is 0 Å². The predicted molar refractivity (Wildman–Crippen MR) is 101 cm³/mol. The Hall–Kier alpha value is -1.96. The molecule has 1 heterocycles. The molecule has 1 N–H and O–H groups in total. The van der Waals surface area contributed by atoms with Crippen LogP contribution < -0.4 is 5.32 Å². The van der Waals surface area contributed by atoms with Crippen LogP contribution in [0.3, 0.4) is 0 Å². The molecule has 1 spiro atoms. The summed E-state index contributed by atoms with van der Waals surface area (Å²) in [5, 5.41) is 2.81. The lowest BCUT2D eigenvalue weighted by molar-refractivity contribution is -0.134. The molecule has 1 aliphatic carbocycles. The molecule has 0 aromatic heterocycles. The van der Waals surface area contributed by atoms with E-state index in [1.165, 1.54) is 11.0 Å². The molecule has 1 saturated carbocycles. The van der Waals surface area contributed by atoms with E-state index in [1.54, 1.807) is 12.1 Å². The number of nitrogens with one attached hydrogen (secondary N) is 1. The molecule has 2 aliphatic rings. The molecule has 0 radical (unpaired) electrons. The van der Waals surface area contributed by atoms with Gasteiger partial charge in [0.05, 0.1) is 0 Å². The Kier molecular flexibility index (Phi) is 5.83. The van der Waals surface area contributed by atoms with Gasteiger partial charge in [0.1, 0.15) is 11.4 Å². The number of carbonyl (C=O) groups excluding carboxylic acids is 3. The van der Waals surface area contributed by atoms with Crippen LogP contribution in [0.2, 0.25) is 0 Å². The molecule has 1 saturated heterocycles. The van der Waals surface area contributed by atoms with Crippen molar-refractivity contribution in [2.45, 2.75) is 51.1 Å². The number of carbonyl (C=O) groups is 3. The third-order valence-electron chi connectivity index (χ3n) is 5.36. The second-order valence-corrected chi connectivity index (χ2v) is 7.99. The molecule has 1 aromatic carbocycles. The number of urea groups is 1. The molecule has 1 aliphatic heterocycles. The maximum absolute atomic E-state index is 14.0. The first-order valence-electron chi connectivity index (χ1n) is 9.22. The Morgan fingerprint density at radius 1 is 1.33 bits per heavy atom. The molecule has 4 amide bonds. The Bertz CT molecular complexity index is 765. The highest BCUT2D eigenvalue weighted by Gasteiger charge is 2.52. The molecule has 0 bridgehead atoms. The zero-order chi connectivity index (χ0) is 19.6. The summed E-state index contributed by atoms with van der Waals surface area (Å²) in [5.74, 6) is -0.814. The van der Waals surface area contributed by atoms with Crippen molar-refractivity contribution in [2.75, 3.05) is 13.1 Å². The van der Waals surface area contributed by atoms with Gasteiger partial charge in [-0.05, 0) is 38.0 Å². The standard InChI is InChI=1S/C19H23BrFN3O3/c1-2-23(12-13-11-14(20)5-6-15(13)21)16(25)7-10-24-17(26)19(22-18(24)27)8-3-4-9-19/h5-6,11H,2-4,7-10,12H2,1H3,(H,22,27). The third-order valence-corrected chi connectivity index (χ3v) is 5.85. The van der Waals surface area contributed by atoms with E-state index in [1.807, 2.05) is 6.92 Å². The van der Waals surface area contributed by atoms with Gasteiger partial charge in [-0.25, -0.2) is 9.18 Å². The first-order chi connectivity index (χ1) is 12.9. The van der Waals surface area contributed by atoms with Crippen LogP contribution in [0.5, 0.6) is 0 Å². The predicted octanol–water partition coefficient (Wildman–Crippen LogP) is 3.19. The van der Waals surface area contributed by atoms with Gasteiger partial charge in [0.2, 0.25) is 5.91 Å². The highest BCUT2D eigenvalue weighted by molar-refractivity contribution is 9.10. The largest absolute Gasteiger partial charge is 0.338 e. The van der Waals surface area contributed by atoms with Crippen molar-refractivity contribution in [1.82, 2.24) is 15.1 Å². The fourth-order valence-electron chi connectivity index (χ4n) is 3.81. The van der Waals surface area contributed by atoms with E-state index < -0.39 is 11.6 Å². The zero-order valence-electron chi connectivity index (χ0n) is 15.3. The van der Waals surface area contributed by atoms with Crippen molar-refractivity contribution >= 4 is 33.8 Å². The number of amides is 4. The highest BCUT2D eigenvalue weighted by atomic mass is 79.9. The molecular formula is C19H23BrFN3O3. The van der Waals surface area contributed by atoms with Crippen molar-refractivity contribution < 1.29 is 18.8 Å². The molecule has 0 atom stereocenters. The molecule has 27 heavy (non-hydrogen) atoms. The van der Waals surface area contributed by atoms with E-state index in [0.717, 1.165) is 22.2 Å². The van der Waals surface area contributed by atoms with Crippen LogP contribution in [0.15, 0.2) is 22.7 Å². The number of nitrogens with zero attached hydrogens (tertiary/aromatic N) is 2. The number of rotatable bonds is 6. The number of hydrogen-bond donors (Lipinski definition) is 1. The lowest BCUT2D eigenvalue weighted by Gasteiger charge is -2.23. The molecule has 6 nitrogen and oxygen atoms in total. The zero-order valence-corrected chi connectivity index (χ0v) is 16.9. The fourth-order valence-corrected chi connectivity index (χ4v) is 4.22. The summed E-state index contributed by atoms with van der Waals surface area (Å²) in [4.78, 5) is 40.1. The molecule has 2 fully saturated rings. The summed E-state index contributed by atoms with van der Waals surface area (Å²) in [5.41, 5.74) is -0.344. The maximum atomic E-state index is 14.0. The van der Waals surface area contributed by atoms with Crippen LogP contribution in [-0.2, 0) is 16.1 Å². The minimum Gasteiger partial charge on any atom is -0.338 e. The Labute approximate surface area is 166 Å². The van der Waals surface area contributed by atoms with E-state index in [-0.39, 0.29) is 37.1 Å². The average molecular weight is 440 g/mol. The number of imide groups is 1. The molecule has 0 unspecified atom stereocenters. The van der Waals surface area contributed by atoms with E-state index in [4.69, 9.17) is 0 Å². The summed E-state index contributed by atoms with van der Waals surface area (Å²) in [6, 6.07) is 4.18. The van der Waals surface area contributed by atoms with Gasteiger partial charge in [-0.15, -0.1) is 0 Å². The van der Waals surface area contributed by atoms with Crippen LogP contribution in [0.25, 0.3) is 0 Å². The Morgan fingerprint density at radius 3 is 2.70 bits per heavy atom. The van der Waals surface area contributed by atoms with Crippen LogP contribution >= 0.6 is 15.9 Å². The van der Waals surface area contributed by atoms with Gasteiger partial charge in [-0.1, -0.05) is 28.8 Å². The number of hydrogen-bond acceptors (Lipinski definition) is 3. The Balaban J connectivity index is 1.61. The molecule has 146 valence electrons. The molecular weight excluding hydrogens is 417 g/mol. The second-order valence-electron chi connectivity index (χ2n) is 7.07. The quantitative estimate of drug-likeness (QED) is 0.691. The first-order valence-corrected chi connectivity index (χ1v) is 10.0. The van der Waals surface area contributed by atoms with Crippen LogP contribution in [0, 0.1) is 5.82 Å². The smallest absolute Gasteiger partial charge is 0.325 e. The number of benzene rings is 1. The molecule has 3 rings (SSSR count). The lowest BCUT2D eigenvalue weighted by Crippen LogP contribution is -2.44.